The fourth-order valence-corrected chi connectivity index (χ4v) is 3.73. The number of alkyl halides is 2. The van der Waals surface area contributed by atoms with Gasteiger partial charge in [-0.3, -0.25) is 14.9 Å². The first-order chi connectivity index (χ1) is 14.3. The number of rotatable bonds is 5. The second kappa shape index (κ2) is 7.85. The number of amides is 1. The number of carbonyl (C=O) groups excluding carboxylic acids is 1. The Labute approximate surface area is 172 Å². The van der Waals surface area contributed by atoms with Crippen molar-refractivity contribution < 1.29 is 18.3 Å². The van der Waals surface area contributed by atoms with Crippen molar-refractivity contribution in [3.8, 4) is 17.0 Å². The number of benzene rings is 1. The molecule has 0 aliphatic carbocycles. The molecule has 1 aliphatic heterocycles. The predicted octanol–water partition coefficient (Wildman–Crippen LogP) is 4.02. The molecule has 1 fully saturated rings. The molecule has 3 aromatic rings. The van der Waals surface area contributed by atoms with Crippen molar-refractivity contribution in [1.29, 1.82) is 0 Å². The Hall–Kier alpha value is -3.29. The normalized spacial score (nSPS) is 17.9. The van der Waals surface area contributed by atoms with Gasteiger partial charge in [0.15, 0.2) is 0 Å². The van der Waals surface area contributed by atoms with Gasteiger partial charge in [-0.1, -0.05) is 23.8 Å². The van der Waals surface area contributed by atoms with Crippen LogP contribution in [0.25, 0.3) is 11.3 Å². The number of H-pyrrole nitrogens is 1. The second-order valence-corrected chi connectivity index (χ2v) is 7.63. The Morgan fingerprint density at radius 1 is 1.30 bits per heavy atom. The molecular weight excluding hydrogens is 390 g/mol. The topological polar surface area (TPSA) is 71.1 Å². The van der Waals surface area contributed by atoms with Crippen molar-refractivity contribution in [2.75, 3.05) is 13.2 Å². The molecule has 0 bridgehead atoms. The molecule has 0 radical (unpaired) electrons. The zero-order valence-corrected chi connectivity index (χ0v) is 16.7. The summed E-state index contributed by atoms with van der Waals surface area (Å²) in [7, 11) is 0. The number of aromatic amines is 1. The van der Waals surface area contributed by atoms with Crippen LogP contribution in [-0.2, 0) is 0 Å². The molecular formula is C22H22F2N4O2. The van der Waals surface area contributed by atoms with E-state index < -0.39 is 30.8 Å². The first kappa shape index (κ1) is 20.0. The van der Waals surface area contributed by atoms with Crippen LogP contribution in [0.3, 0.4) is 0 Å². The smallest absolute Gasteiger partial charge is 0.272 e. The summed E-state index contributed by atoms with van der Waals surface area (Å²) in [4.78, 5) is 18.1. The number of halogens is 2. The van der Waals surface area contributed by atoms with Gasteiger partial charge in [0.05, 0.1) is 24.5 Å². The maximum Gasteiger partial charge on any atom is 0.272 e. The molecule has 1 N–H and O–H groups in total. The van der Waals surface area contributed by atoms with Crippen LogP contribution in [0.15, 0.2) is 48.8 Å². The Balaban J connectivity index is 1.52. The summed E-state index contributed by atoms with van der Waals surface area (Å²) in [5, 5.41) is 6.93. The average Bonchev–Trinajstić information content (AvgIpc) is 3.31. The molecule has 0 unspecified atom stereocenters. The van der Waals surface area contributed by atoms with Gasteiger partial charge in [-0.2, -0.15) is 5.10 Å². The highest BCUT2D eigenvalue weighted by Crippen LogP contribution is 2.33. The molecule has 4 rings (SSSR count). The molecule has 1 atom stereocenters. The van der Waals surface area contributed by atoms with Crippen molar-refractivity contribution in [2.45, 2.75) is 32.2 Å². The van der Waals surface area contributed by atoms with Crippen LogP contribution in [-0.4, -0.2) is 51.1 Å². The van der Waals surface area contributed by atoms with Crippen LogP contribution >= 0.6 is 0 Å². The number of nitrogens with zero attached hydrogens (tertiary/aromatic N) is 3. The molecule has 3 heterocycles. The summed E-state index contributed by atoms with van der Waals surface area (Å²) in [5.74, 6) is -3.01. The maximum atomic E-state index is 14.1. The van der Waals surface area contributed by atoms with E-state index in [0.29, 0.717) is 11.4 Å². The van der Waals surface area contributed by atoms with E-state index in [9.17, 15) is 13.6 Å². The summed E-state index contributed by atoms with van der Waals surface area (Å²) in [5.41, 5.74) is 3.81. The summed E-state index contributed by atoms with van der Waals surface area (Å²) in [6.45, 7) is 3.28. The van der Waals surface area contributed by atoms with Crippen molar-refractivity contribution in [3.05, 3.63) is 65.6 Å². The third-order valence-electron chi connectivity index (χ3n) is 5.18. The van der Waals surface area contributed by atoms with E-state index in [4.69, 9.17) is 4.74 Å². The van der Waals surface area contributed by atoms with Gasteiger partial charge in [0.2, 0.25) is 0 Å². The van der Waals surface area contributed by atoms with Crippen molar-refractivity contribution in [3.63, 3.8) is 0 Å². The lowest BCUT2D eigenvalue weighted by Crippen LogP contribution is -2.39. The van der Waals surface area contributed by atoms with Crippen molar-refractivity contribution >= 4 is 5.91 Å². The van der Waals surface area contributed by atoms with E-state index in [-0.39, 0.29) is 12.3 Å². The second-order valence-electron chi connectivity index (χ2n) is 7.63. The van der Waals surface area contributed by atoms with Gasteiger partial charge in [-0.15, -0.1) is 0 Å². The van der Waals surface area contributed by atoms with Crippen LogP contribution in [0, 0.1) is 13.8 Å². The van der Waals surface area contributed by atoms with Crippen LogP contribution < -0.4 is 4.74 Å². The minimum absolute atomic E-state index is 0.0366. The number of aromatic nitrogens is 3. The fraction of sp³-hybridized carbons (Fsp3) is 0.318. The molecule has 1 amide bonds. The monoisotopic (exact) mass is 412 g/mol. The first-order valence-electron chi connectivity index (χ1n) is 9.67. The average molecular weight is 412 g/mol. The highest BCUT2D eigenvalue weighted by molar-refractivity contribution is 5.94. The van der Waals surface area contributed by atoms with Gasteiger partial charge in [0.25, 0.3) is 11.8 Å². The molecule has 0 spiro atoms. The minimum Gasteiger partial charge on any atom is -0.490 e. The third-order valence-corrected chi connectivity index (χ3v) is 5.18. The van der Waals surface area contributed by atoms with E-state index in [1.807, 2.05) is 32.0 Å². The molecule has 156 valence electrons. The van der Waals surface area contributed by atoms with Crippen molar-refractivity contribution in [1.82, 2.24) is 20.1 Å². The standard InChI is InChI=1S/C22H22F2N4O2/c1-14-5-6-18(15(2)8-14)19-9-20(27-26-19)21(29)28-13-22(23,24)10-16(28)12-30-17-4-3-7-25-11-17/h3-9,11,16H,10,12-13H2,1-2H3,(H,26,27)/t16-/m0/s1. The summed E-state index contributed by atoms with van der Waals surface area (Å²) < 4.78 is 33.8. The Morgan fingerprint density at radius 2 is 2.13 bits per heavy atom. The minimum atomic E-state index is -2.96. The fourth-order valence-electron chi connectivity index (χ4n) is 3.73. The maximum absolute atomic E-state index is 14.1. The van der Waals surface area contributed by atoms with Crippen LogP contribution in [0.2, 0.25) is 0 Å². The first-order valence-corrected chi connectivity index (χ1v) is 9.67. The highest BCUT2D eigenvalue weighted by Gasteiger charge is 2.47. The molecule has 1 aliphatic rings. The Kier molecular flexibility index (Phi) is 5.24. The lowest BCUT2D eigenvalue weighted by Gasteiger charge is -2.23. The zero-order valence-electron chi connectivity index (χ0n) is 16.7. The van der Waals surface area contributed by atoms with Gasteiger partial charge in [0.1, 0.15) is 18.1 Å². The Morgan fingerprint density at radius 3 is 2.87 bits per heavy atom. The molecule has 30 heavy (non-hydrogen) atoms. The van der Waals surface area contributed by atoms with E-state index in [1.165, 1.54) is 6.20 Å². The van der Waals surface area contributed by atoms with E-state index >= 15 is 0 Å². The highest BCUT2D eigenvalue weighted by atomic mass is 19.3. The lowest BCUT2D eigenvalue weighted by molar-refractivity contribution is 0.0115. The molecule has 0 saturated carbocycles. The molecule has 6 nitrogen and oxygen atoms in total. The van der Waals surface area contributed by atoms with E-state index in [2.05, 4.69) is 15.2 Å². The number of likely N-dealkylation sites (tertiary alicyclic amines) is 1. The van der Waals surface area contributed by atoms with Gasteiger partial charge < -0.3 is 9.64 Å². The number of hydrogen-bond acceptors (Lipinski definition) is 4. The molecule has 1 aromatic carbocycles. The van der Waals surface area contributed by atoms with E-state index in [0.717, 1.165) is 21.6 Å². The number of nitrogens with one attached hydrogen (secondary N) is 1. The predicted molar refractivity (Wildman–Crippen MR) is 108 cm³/mol. The van der Waals surface area contributed by atoms with Crippen molar-refractivity contribution in [2.24, 2.45) is 0 Å². The Bertz CT molecular complexity index is 1050. The number of aryl methyl sites for hydroxylation is 2. The number of hydrogen-bond donors (Lipinski definition) is 1. The lowest BCUT2D eigenvalue weighted by atomic mass is 10.0. The zero-order chi connectivity index (χ0) is 21.3. The largest absolute Gasteiger partial charge is 0.490 e. The summed E-state index contributed by atoms with van der Waals surface area (Å²) >= 11 is 0. The molecule has 1 saturated heterocycles. The van der Waals surface area contributed by atoms with Gasteiger partial charge in [-0.25, -0.2) is 8.78 Å². The molecule has 2 aromatic heterocycles. The van der Waals surface area contributed by atoms with Gasteiger partial charge in [0, 0.05) is 18.2 Å². The number of carbonyl (C=O) groups is 1. The quantitative estimate of drug-likeness (QED) is 0.687. The SMILES string of the molecule is Cc1ccc(-c2cc(C(=O)N3CC(F)(F)C[C@H]3COc3cccnc3)[nH]n2)c(C)c1. The van der Waals surface area contributed by atoms with Gasteiger partial charge in [-0.05, 0) is 37.6 Å². The number of ether oxygens (including phenoxy) is 1. The third kappa shape index (κ3) is 4.17. The number of pyridine rings is 1. The summed E-state index contributed by atoms with van der Waals surface area (Å²) in [6.07, 6.45) is 2.65. The van der Waals surface area contributed by atoms with E-state index in [1.54, 1.807) is 24.4 Å². The van der Waals surface area contributed by atoms with Crippen LogP contribution in [0.5, 0.6) is 5.75 Å². The summed E-state index contributed by atoms with van der Waals surface area (Å²) in [6, 6.07) is 10.2. The molecule has 8 heteroatoms. The van der Waals surface area contributed by atoms with Crippen LogP contribution in [0.1, 0.15) is 28.0 Å². The van der Waals surface area contributed by atoms with Gasteiger partial charge >= 0.3 is 0 Å². The van der Waals surface area contributed by atoms with Crippen LogP contribution in [0.4, 0.5) is 8.78 Å².